The molecule has 0 fully saturated rings. The molecule has 23 heavy (non-hydrogen) atoms. The number of ether oxygens (including phenoxy) is 1. The molecule has 122 valence electrons. The van der Waals surface area contributed by atoms with Crippen molar-refractivity contribution in [1.29, 1.82) is 0 Å². The highest BCUT2D eigenvalue weighted by Crippen LogP contribution is 2.17. The van der Waals surface area contributed by atoms with Gasteiger partial charge in [-0.05, 0) is 35.5 Å². The Morgan fingerprint density at radius 3 is 3.04 bits per heavy atom. The van der Waals surface area contributed by atoms with E-state index >= 15 is 0 Å². The van der Waals surface area contributed by atoms with Crippen LogP contribution >= 0.6 is 11.6 Å². The van der Waals surface area contributed by atoms with Gasteiger partial charge in [-0.25, -0.2) is 9.18 Å². The van der Waals surface area contributed by atoms with Crippen molar-refractivity contribution >= 4 is 23.6 Å². The zero-order valence-corrected chi connectivity index (χ0v) is 13.2. The Kier molecular flexibility index (Phi) is 5.70. The number of rotatable bonds is 6. The molecule has 0 amide bonds. The van der Waals surface area contributed by atoms with E-state index in [4.69, 9.17) is 16.3 Å². The molecule has 0 saturated carbocycles. The van der Waals surface area contributed by atoms with Crippen LogP contribution in [0.4, 0.5) is 4.39 Å². The van der Waals surface area contributed by atoms with Gasteiger partial charge in [0.2, 0.25) is 6.20 Å². The molecule has 0 aliphatic carbocycles. The molecule has 0 saturated heterocycles. The highest BCUT2D eigenvalue weighted by Gasteiger charge is 2.14. The van der Waals surface area contributed by atoms with Crippen LogP contribution in [0, 0.1) is 11.0 Å². The van der Waals surface area contributed by atoms with Gasteiger partial charge in [-0.15, -0.1) is 4.85 Å². The van der Waals surface area contributed by atoms with Crippen LogP contribution in [0.5, 0.6) is 0 Å². The Morgan fingerprint density at radius 2 is 2.35 bits per heavy atom. The summed E-state index contributed by atoms with van der Waals surface area (Å²) in [7, 11) is 0. The Labute approximate surface area is 137 Å². The summed E-state index contributed by atoms with van der Waals surface area (Å²) in [6.07, 6.45) is 5.44. The standard InChI is InChI=1S/C15H15ClFN3O3/c1-2-3-8-23-15(21)7-5-12-10-18-19(20(12)22)11-4-6-14(17)13(16)9-11/h4-7,9-10H,2-3,8H2,1H3/b7-5+. The predicted octanol–water partition coefficient (Wildman–Crippen LogP) is 2.65. The molecule has 2 aromatic rings. The molecule has 1 heterocycles. The van der Waals surface area contributed by atoms with Gasteiger partial charge in [0.1, 0.15) is 11.5 Å². The maximum atomic E-state index is 13.1. The fourth-order valence-electron chi connectivity index (χ4n) is 1.73. The molecular weight excluding hydrogens is 325 g/mol. The smallest absolute Gasteiger partial charge is 0.330 e. The lowest BCUT2D eigenvalue weighted by molar-refractivity contribution is -0.690. The first-order valence-electron chi connectivity index (χ1n) is 7.01. The SMILES string of the molecule is CCCCOC(=O)/C=C/c1cnn(-c2ccc(F)c(Cl)c2)[n+]1[O-]. The Bertz CT molecular complexity index is 731. The molecule has 0 aliphatic rings. The molecule has 0 bridgehead atoms. The third-order valence-corrected chi connectivity index (χ3v) is 3.25. The Hall–Kier alpha value is -2.41. The molecule has 1 aromatic carbocycles. The summed E-state index contributed by atoms with van der Waals surface area (Å²) in [5.41, 5.74) is 0.439. The summed E-state index contributed by atoms with van der Waals surface area (Å²) in [4.78, 5) is 12.9. The molecular formula is C15H15ClFN3O3. The molecule has 8 heteroatoms. The van der Waals surface area contributed by atoms with Crippen LogP contribution in [0.1, 0.15) is 25.5 Å². The van der Waals surface area contributed by atoms with E-state index < -0.39 is 11.8 Å². The third-order valence-electron chi connectivity index (χ3n) is 2.96. The molecule has 6 nitrogen and oxygen atoms in total. The number of benzene rings is 1. The zero-order valence-electron chi connectivity index (χ0n) is 12.4. The normalized spacial score (nSPS) is 11.1. The van der Waals surface area contributed by atoms with E-state index in [9.17, 15) is 14.4 Å². The highest BCUT2D eigenvalue weighted by molar-refractivity contribution is 6.30. The maximum Gasteiger partial charge on any atom is 0.330 e. The molecule has 0 aliphatic heterocycles. The predicted molar refractivity (Wildman–Crippen MR) is 82.4 cm³/mol. The van der Waals surface area contributed by atoms with Crippen molar-refractivity contribution in [3.8, 4) is 5.69 Å². The van der Waals surface area contributed by atoms with Gasteiger partial charge in [0.05, 0.1) is 11.6 Å². The molecule has 0 N–H and O–H groups in total. The fraction of sp³-hybridized carbons (Fsp3) is 0.267. The van der Waals surface area contributed by atoms with Crippen LogP contribution < -0.4 is 4.85 Å². The molecule has 2 rings (SSSR count). The van der Waals surface area contributed by atoms with Crippen LogP contribution in [0.15, 0.2) is 30.5 Å². The number of carbonyl (C=O) groups is 1. The monoisotopic (exact) mass is 339 g/mol. The first-order valence-corrected chi connectivity index (χ1v) is 7.39. The van der Waals surface area contributed by atoms with Gasteiger partial charge in [-0.1, -0.05) is 24.9 Å². The van der Waals surface area contributed by atoms with Gasteiger partial charge in [-0.2, -0.15) is 0 Å². The minimum absolute atomic E-state index is 0.116. The van der Waals surface area contributed by atoms with Gasteiger partial charge >= 0.3 is 5.97 Å². The fourth-order valence-corrected chi connectivity index (χ4v) is 1.90. The first kappa shape index (κ1) is 17.0. The van der Waals surface area contributed by atoms with Crippen molar-refractivity contribution in [2.75, 3.05) is 6.61 Å². The number of aromatic nitrogens is 3. The van der Waals surface area contributed by atoms with E-state index in [1.165, 1.54) is 24.4 Å². The van der Waals surface area contributed by atoms with Crippen LogP contribution in [0.25, 0.3) is 11.8 Å². The van der Waals surface area contributed by atoms with Crippen LogP contribution in [0.3, 0.4) is 0 Å². The number of nitrogens with zero attached hydrogens (tertiary/aromatic N) is 3. The topological polar surface area (TPSA) is 71.1 Å². The number of unbranched alkanes of at least 4 members (excludes halogenated alkanes) is 1. The summed E-state index contributed by atoms with van der Waals surface area (Å²) in [6.45, 7) is 2.32. The Balaban J connectivity index is 2.13. The lowest BCUT2D eigenvalue weighted by Crippen LogP contribution is -2.39. The van der Waals surface area contributed by atoms with Crippen molar-refractivity contribution in [1.82, 2.24) is 9.90 Å². The number of halogens is 2. The van der Waals surface area contributed by atoms with Crippen molar-refractivity contribution in [2.24, 2.45) is 0 Å². The quantitative estimate of drug-likeness (QED) is 0.267. The second kappa shape index (κ2) is 7.73. The molecule has 1 aromatic heterocycles. The lowest BCUT2D eigenvalue weighted by atomic mass is 10.3. The second-order valence-electron chi connectivity index (χ2n) is 4.68. The summed E-state index contributed by atoms with van der Waals surface area (Å²) >= 11 is 5.68. The average molecular weight is 340 g/mol. The number of carbonyl (C=O) groups excluding carboxylic acids is 1. The van der Waals surface area contributed by atoms with E-state index in [1.54, 1.807) is 0 Å². The highest BCUT2D eigenvalue weighted by atomic mass is 35.5. The zero-order chi connectivity index (χ0) is 16.8. The van der Waals surface area contributed by atoms with E-state index in [-0.39, 0.29) is 10.7 Å². The number of esters is 1. The maximum absolute atomic E-state index is 13.1. The second-order valence-corrected chi connectivity index (χ2v) is 5.09. The summed E-state index contributed by atoms with van der Waals surface area (Å²) in [6, 6.07) is 3.79. The van der Waals surface area contributed by atoms with Gasteiger partial charge in [-0.3, -0.25) is 0 Å². The number of hydrogen-bond donors (Lipinski definition) is 0. The van der Waals surface area contributed by atoms with Crippen molar-refractivity contribution in [2.45, 2.75) is 19.8 Å². The minimum Gasteiger partial charge on any atom is -0.692 e. The van der Waals surface area contributed by atoms with E-state index in [0.717, 1.165) is 29.8 Å². The van der Waals surface area contributed by atoms with Gasteiger partial charge < -0.3 is 9.94 Å². The summed E-state index contributed by atoms with van der Waals surface area (Å²) in [5, 5.41) is 15.9. The van der Waals surface area contributed by atoms with Crippen LogP contribution in [-0.2, 0) is 9.53 Å². The van der Waals surface area contributed by atoms with E-state index in [2.05, 4.69) is 5.10 Å². The largest absolute Gasteiger partial charge is 0.692 e. The van der Waals surface area contributed by atoms with Gasteiger partial charge in [0.25, 0.3) is 0 Å². The lowest BCUT2D eigenvalue weighted by Gasteiger charge is -2.05. The minimum atomic E-state index is -0.588. The molecule has 0 radical (unpaired) electrons. The van der Waals surface area contributed by atoms with Gasteiger partial charge in [0, 0.05) is 11.2 Å². The van der Waals surface area contributed by atoms with Gasteiger partial charge in [0.15, 0.2) is 5.69 Å². The third kappa shape index (κ3) is 4.29. The Morgan fingerprint density at radius 1 is 1.57 bits per heavy atom. The van der Waals surface area contributed by atoms with E-state index in [1.807, 2.05) is 6.92 Å². The first-order chi connectivity index (χ1) is 11.0. The van der Waals surface area contributed by atoms with E-state index in [0.29, 0.717) is 17.1 Å². The summed E-state index contributed by atoms with van der Waals surface area (Å²) in [5.74, 6) is -1.12. The van der Waals surface area contributed by atoms with Crippen LogP contribution in [0.2, 0.25) is 5.02 Å². The molecule has 0 atom stereocenters. The molecule has 0 unspecified atom stereocenters. The molecule has 0 spiro atoms. The van der Waals surface area contributed by atoms with Crippen molar-refractivity contribution < 1.29 is 18.8 Å². The average Bonchev–Trinajstić information content (AvgIpc) is 2.89. The van der Waals surface area contributed by atoms with Crippen molar-refractivity contribution in [3.63, 3.8) is 0 Å². The number of hydrogen-bond acceptors (Lipinski definition) is 4. The van der Waals surface area contributed by atoms with Crippen molar-refractivity contribution in [3.05, 3.63) is 52.2 Å². The summed E-state index contributed by atoms with van der Waals surface area (Å²) < 4.78 is 18.1. The van der Waals surface area contributed by atoms with Crippen LogP contribution in [-0.4, -0.2) is 22.5 Å².